The third kappa shape index (κ3) is 3.67. The van der Waals surface area contributed by atoms with E-state index in [1.807, 2.05) is 36.4 Å². The quantitative estimate of drug-likeness (QED) is 0.633. The Morgan fingerprint density at radius 2 is 1.59 bits per heavy atom. The molecule has 2 aromatic carbocycles. The molecule has 1 aliphatic rings. The zero-order chi connectivity index (χ0) is 20.6. The molecule has 5 nitrogen and oxygen atoms in total. The van der Waals surface area contributed by atoms with Crippen molar-refractivity contribution in [3.63, 3.8) is 0 Å². The van der Waals surface area contributed by atoms with E-state index in [2.05, 4.69) is 30.6 Å². The largest absolute Gasteiger partial charge is 0.367 e. The molecule has 2 heterocycles. The van der Waals surface area contributed by atoms with E-state index in [-0.39, 0.29) is 0 Å². The number of aromatic nitrogens is 1. The number of benzene rings is 2. The fourth-order valence-electron chi connectivity index (χ4n) is 4.03. The van der Waals surface area contributed by atoms with Crippen LogP contribution in [0.15, 0.2) is 59.6 Å². The van der Waals surface area contributed by atoms with Crippen molar-refractivity contribution in [2.24, 2.45) is 0 Å². The normalized spacial score (nSPS) is 16.1. The van der Waals surface area contributed by atoms with E-state index >= 15 is 0 Å². The standard InChI is InChI=1S/C23H29N3O2S/c1-4-24-13-15-25(16-14-24)23-17-26(22-8-6-5-7-21(22)23)29(27,28)20-11-9-19(10-12-20)18(2)3/h5-12,17-18H,4,13-16H2,1-3H3. The number of nitrogens with zero attached hydrogens (tertiary/aromatic N) is 3. The van der Waals surface area contributed by atoms with Gasteiger partial charge in [-0.15, -0.1) is 0 Å². The van der Waals surface area contributed by atoms with Gasteiger partial charge in [-0.25, -0.2) is 12.4 Å². The van der Waals surface area contributed by atoms with Crippen molar-refractivity contribution in [2.45, 2.75) is 31.6 Å². The van der Waals surface area contributed by atoms with Crippen LogP contribution < -0.4 is 4.90 Å². The Morgan fingerprint density at radius 1 is 0.931 bits per heavy atom. The molecule has 0 spiro atoms. The zero-order valence-electron chi connectivity index (χ0n) is 17.4. The van der Waals surface area contributed by atoms with Gasteiger partial charge in [0, 0.05) is 37.8 Å². The third-order valence-electron chi connectivity index (χ3n) is 5.92. The molecule has 4 rings (SSSR count). The minimum atomic E-state index is -3.66. The minimum Gasteiger partial charge on any atom is -0.367 e. The highest BCUT2D eigenvalue weighted by molar-refractivity contribution is 7.90. The molecule has 0 radical (unpaired) electrons. The van der Waals surface area contributed by atoms with Gasteiger partial charge in [-0.3, -0.25) is 0 Å². The van der Waals surface area contributed by atoms with E-state index in [0.29, 0.717) is 10.8 Å². The van der Waals surface area contributed by atoms with Crippen LogP contribution >= 0.6 is 0 Å². The molecule has 0 N–H and O–H groups in total. The molecule has 0 amide bonds. The lowest BCUT2D eigenvalue weighted by molar-refractivity contribution is 0.271. The number of hydrogen-bond acceptors (Lipinski definition) is 4. The monoisotopic (exact) mass is 411 g/mol. The van der Waals surface area contributed by atoms with Crippen molar-refractivity contribution in [2.75, 3.05) is 37.6 Å². The van der Waals surface area contributed by atoms with Crippen LogP contribution in [-0.2, 0) is 10.0 Å². The smallest absolute Gasteiger partial charge is 0.268 e. The number of piperazine rings is 1. The second-order valence-corrected chi connectivity index (χ2v) is 9.79. The van der Waals surface area contributed by atoms with Crippen molar-refractivity contribution in [1.29, 1.82) is 0 Å². The second kappa shape index (κ2) is 7.84. The van der Waals surface area contributed by atoms with Gasteiger partial charge in [-0.2, -0.15) is 0 Å². The van der Waals surface area contributed by atoms with Gasteiger partial charge in [0.05, 0.1) is 16.1 Å². The number of hydrogen-bond donors (Lipinski definition) is 0. The molecule has 1 fully saturated rings. The molecule has 154 valence electrons. The maximum Gasteiger partial charge on any atom is 0.268 e. The topological polar surface area (TPSA) is 45.5 Å². The van der Waals surface area contributed by atoms with Crippen LogP contribution in [0.2, 0.25) is 0 Å². The van der Waals surface area contributed by atoms with Crippen LogP contribution in [0.1, 0.15) is 32.3 Å². The number of rotatable bonds is 5. The summed E-state index contributed by atoms with van der Waals surface area (Å²) < 4.78 is 28.4. The van der Waals surface area contributed by atoms with Crippen LogP contribution in [0, 0.1) is 0 Å². The molecule has 0 saturated carbocycles. The van der Waals surface area contributed by atoms with Crippen LogP contribution in [-0.4, -0.2) is 50.0 Å². The van der Waals surface area contributed by atoms with Gasteiger partial charge in [0.1, 0.15) is 0 Å². The van der Waals surface area contributed by atoms with E-state index in [1.54, 1.807) is 18.3 Å². The highest BCUT2D eigenvalue weighted by atomic mass is 32.2. The summed E-state index contributed by atoms with van der Waals surface area (Å²) in [7, 11) is -3.66. The van der Waals surface area contributed by atoms with Crippen molar-refractivity contribution in [3.05, 3.63) is 60.3 Å². The van der Waals surface area contributed by atoms with Gasteiger partial charge in [0.25, 0.3) is 10.0 Å². The molecular weight excluding hydrogens is 382 g/mol. The summed E-state index contributed by atoms with van der Waals surface area (Å²) in [5.41, 5.74) is 2.86. The molecule has 0 atom stereocenters. The SMILES string of the molecule is CCN1CCN(c2cn(S(=O)(=O)c3ccc(C(C)C)cc3)c3ccccc23)CC1. The Balaban J connectivity index is 1.76. The van der Waals surface area contributed by atoms with Gasteiger partial charge < -0.3 is 9.80 Å². The van der Waals surface area contributed by atoms with Crippen LogP contribution in [0.25, 0.3) is 10.9 Å². The number of likely N-dealkylation sites (N-methyl/N-ethyl adjacent to an activating group) is 1. The van der Waals surface area contributed by atoms with E-state index in [1.165, 1.54) is 3.97 Å². The maximum atomic E-state index is 13.5. The molecule has 0 aliphatic carbocycles. The van der Waals surface area contributed by atoms with E-state index in [9.17, 15) is 8.42 Å². The summed E-state index contributed by atoms with van der Waals surface area (Å²) in [6.07, 6.45) is 1.80. The van der Waals surface area contributed by atoms with Gasteiger partial charge >= 0.3 is 0 Å². The number of anilines is 1. The Kier molecular flexibility index (Phi) is 5.40. The van der Waals surface area contributed by atoms with Gasteiger partial charge in [-0.05, 0) is 36.2 Å². The second-order valence-electron chi connectivity index (χ2n) is 7.98. The average Bonchev–Trinajstić information content (AvgIpc) is 3.14. The molecule has 0 unspecified atom stereocenters. The Morgan fingerprint density at radius 3 is 2.21 bits per heavy atom. The summed E-state index contributed by atoms with van der Waals surface area (Å²) in [5.74, 6) is 0.368. The van der Waals surface area contributed by atoms with Crippen molar-refractivity contribution in [3.8, 4) is 0 Å². The molecule has 6 heteroatoms. The van der Waals surface area contributed by atoms with Gasteiger partial charge in [0.15, 0.2) is 0 Å². The lowest BCUT2D eigenvalue weighted by atomic mass is 10.0. The zero-order valence-corrected chi connectivity index (χ0v) is 18.2. The van der Waals surface area contributed by atoms with Crippen molar-refractivity contribution in [1.82, 2.24) is 8.87 Å². The predicted octanol–water partition coefficient (Wildman–Crippen LogP) is 4.14. The first-order valence-electron chi connectivity index (χ1n) is 10.3. The lowest BCUT2D eigenvalue weighted by Crippen LogP contribution is -2.46. The Bertz CT molecular complexity index is 1090. The number of fused-ring (bicyclic) bond motifs is 1. The van der Waals surface area contributed by atoms with Gasteiger partial charge in [-0.1, -0.05) is 51.1 Å². The van der Waals surface area contributed by atoms with Crippen molar-refractivity contribution >= 4 is 26.6 Å². The molecular formula is C23H29N3O2S. The summed E-state index contributed by atoms with van der Waals surface area (Å²) in [5, 5.41) is 0.986. The molecule has 1 aromatic heterocycles. The van der Waals surface area contributed by atoms with Crippen LogP contribution in [0.3, 0.4) is 0 Å². The Labute approximate surface area is 173 Å². The third-order valence-corrected chi connectivity index (χ3v) is 7.61. The molecule has 1 aliphatic heterocycles. The number of para-hydroxylation sites is 1. The first-order valence-corrected chi connectivity index (χ1v) is 11.8. The van der Waals surface area contributed by atoms with Crippen LogP contribution in [0.5, 0.6) is 0 Å². The lowest BCUT2D eigenvalue weighted by Gasteiger charge is -2.35. The summed E-state index contributed by atoms with van der Waals surface area (Å²) in [6.45, 7) is 11.3. The van der Waals surface area contributed by atoms with E-state index in [4.69, 9.17) is 0 Å². The van der Waals surface area contributed by atoms with E-state index < -0.39 is 10.0 Å². The Hall–Kier alpha value is -2.31. The fraction of sp³-hybridized carbons (Fsp3) is 0.391. The van der Waals surface area contributed by atoms with Crippen LogP contribution in [0.4, 0.5) is 5.69 Å². The predicted molar refractivity (Wildman–Crippen MR) is 119 cm³/mol. The first-order chi connectivity index (χ1) is 13.9. The van der Waals surface area contributed by atoms with Crippen molar-refractivity contribution < 1.29 is 8.42 Å². The fourth-order valence-corrected chi connectivity index (χ4v) is 5.39. The molecule has 1 saturated heterocycles. The maximum absolute atomic E-state index is 13.5. The summed E-state index contributed by atoms with van der Waals surface area (Å²) >= 11 is 0. The minimum absolute atomic E-state index is 0.324. The average molecular weight is 412 g/mol. The highest BCUT2D eigenvalue weighted by Crippen LogP contribution is 2.33. The highest BCUT2D eigenvalue weighted by Gasteiger charge is 2.25. The first kappa shape index (κ1) is 20.0. The molecule has 3 aromatic rings. The molecule has 29 heavy (non-hydrogen) atoms. The van der Waals surface area contributed by atoms with E-state index in [0.717, 1.165) is 54.9 Å². The van der Waals surface area contributed by atoms with Gasteiger partial charge in [0.2, 0.25) is 0 Å². The summed E-state index contributed by atoms with van der Waals surface area (Å²) in [6, 6.07) is 15.0. The summed E-state index contributed by atoms with van der Waals surface area (Å²) in [4.78, 5) is 5.05. The molecule has 0 bridgehead atoms.